The van der Waals surface area contributed by atoms with Crippen LogP contribution in [0.25, 0.3) is 0 Å². The molecular weight excluding hydrogens is 405 g/mol. The van der Waals surface area contributed by atoms with Crippen LogP contribution in [-0.4, -0.2) is 38.7 Å². The molecule has 0 aliphatic carbocycles. The van der Waals surface area contributed by atoms with Gasteiger partial charge in [0, 0.05) is 0 Å². The highest BCUT2D eigenvalue weighted by Crippen LogP contribution is 2.32. The Morgan fingerprint density at radius 2 is 0.897 bits per heavy atom. The molecule has 0 rings (SSSR count). The van der Waals surface area contributed by atoms with Crippen molar-refractivity contribution in [3.05, 3.63) is 0 Å². The maximum Gasteiger partial charge on any atom is 0.0787 e. The minimum Gasteiger partial charge on any atom is -0.392 e. The SMILES string of the molecule is CCCCCCCCCCCCCCCCCC(N)(C(Cl)C(C)O)C(Cl)C(C)O. The molecule has 3 nitrogen and oxygen atoms in total. The van der Waals surface area contributed by atoms with Gasteiger partial charge < -0.3 is 15.9 Å². The van der Waals surface area contributed by atoms with Crippen LogP contribution < -0.4 is 5.73 Å². The zero-order chi connectivity index (χ0) is 22.1. The normalized spacial score (nSPS) is 18.2. The van der Waals surface area contributed by atoms with E-state index in [4.69, 9.17) is 28.9 Å². The van der Waals surface area contributed by atoms with E-state index in [0.29, 0.717) is 6.42 Å². The second kappa shape index (κ2) is 18.1. The molecule has 0 saturated carbocycles. The lowest BCUT2D eigenvalue weighted by Gasteiger charge is -2.40. The fourth-order valence-electron chi connectivity index (χ4n) is 4.13. The van der Waals surface area contributed by atoms with Gasteiger partial charge in [-0.05, 0) is 20.3 Å². The largest absolute Gasteiger partial charge is 0.392 e. The van der Waals surface area contributed by atoms with Crippen molar-refractivity contribution in [2.75, 3.05) is 0 Å². The highest BCUT2D eigenvalue weighted by molar-refractivity contribution is 6.25. The lowest BCUT2D eigenvalue weighted by molar-refractivity contribution is 0.106. The number of aliphatic hydroxyl groups excluding tert-OH is 2. The van der Waals surface area contributed by atoms with Gasteiger partial charge in [-0.15, -0.1) is 23.2 Å². The Morgan fingerprint density at radius 3 is 1.17 bits per heavy atom. The molecule has 0 bridgehead atoms. The van der Waals surface area contributed by atoms with Crippen molar-refractivity contribution in [2.45, 2.75) is 152 Å². The minimum atomic E-state index is -0.970. The number of hydrogen-bond donors (Lipinski definition) is 3. The Balaban J connectivity index is 3.76. The molecule has 0 aliphatic rings. The summed E-state index contributed by atoms with van der Waals surface area (Å²) in [5.74, 6) is 0. The Kier molecular flexibility index (Phi) is 18.4. The average molecular weight is 455 g/mol. The van der Waals surface area contributed by atoms with Gasteiger partial charge in [0.05, 0.1) is 28.5 Å². The van der Waals surface area contributed by atoms with Crippen molar-refractivity contribution in [2.24, 2.45) is 5.73 Å². The van der Waals surface area contributed by atoms with Gasteiger partial charge >= 0.3 is 0 Å². The van der Waals surface area contributed by atoms with Crippen LogP contribution in [0.1, 0.15) is 124 Å². The van der Waals surface area contributed by atoms with Crippen LogP contribution in [0.3, 0.4) is 0 Å². The summed E-state index contributed by atoms with van der Waals surface area (Å²) in [4.78, 5) is 0. The first kappa shape index (κ1) is 29.5. The predicted molar refractivity (Wildman–Crippen MR) is 129 cm³/mol. The first-order valence-corrected chi connectivity index (χ1v) is 13.1. The van der Waals surface area contributed by atoms with Crippen molar-refractivity contribution in [3.63, 3.8) is 0 Å². The molecule has 29 heavy (non-hydrogen) atoms. The molecule has 0 aromatic carbocycles. The van der Waals surface area contributed by atoms with Crippen LogP contribution in [0, 0.1) is 0 Å². The van der Waals surface area contributed by atoms with Gasteiger partial charge in [0.15, 0.2) is 0 Å². The Hall–Kier alpha value is 0.460. The molecule has 0 heterocycles. The maximum atomic E-state index is 9.86. The molecule has 0 radical (unpaired) electrons. The number of hydrogen-bond acceptors (Lipinski definition) is 3. The zero-order valence-electron chi connectivity index (χ0n) is 19.4. The van der Waals surface area contributed by atoms with Crippen LogP contribution in [0.2, 0.25) is 0 Å². The van der Waals surface area contributed by atoms with Crippen molar-refractivity contribution in [1.82, 2.24) is 0 Å². The van der Waals surface area contributed by atoms with Crippen LogP contribution >= 0.6 is 23.2 Å². The van der Waals surface area contributed by atoms with E-state index in [1.165, 1.54) is 83.5 Å². The molecule has 0 aromatic rings. The summed E-state index contributed by atoms with van der Waals surface area (Å²) in [5.41, 5.74) is 5.49. The summed E-state index contributed by atoms with van der Waals surface area (Å²) in [6.07, 6.45) is 18.7. The van der Waals surface area contributed by atoms with Crippen LogP contribution in [0.5, 0.6) is 0 Å². The third-order valence-electron chi connectivity index (χ3n) is 6.09. The second-order valence-corrected chi connectivity index (χ2v) is 10.0. The third-order valence-corrected chi connectivity index (χ3v) is 7.63. The summed E-state index contributed by atoms with van der Waals surface area (Å²) < 4.78 is 0. The van der Waals surface area contributed by atoms with Crippen LogP contribution in [-0.2, 0) is 0 Å². The van der Waals surface area contributed by atoms with E-state index in [0.717, 1.165) is 12.8 Å². The number of halogens is 2. The molecular formula is C24H49Cl2NO2. The molecule has 4 unspecified atom stereocenters. The molecule has 5 heteroatoms. The monoisotopic (exact) mass is 453 g/mol. The summed E-state index contributed by atoms with van der Waals surface area (Å²) in [6.45, 7) is 5.51. The minimum absolute atomic E-state index is 0.614. The van der Waals surface area contributed by atoms with E-state index in [1.54, 1.807) is 13.8 Å². The molecule has 0 spiro atoms. The standard InChI is InChI=1S/C24H49Cl2NO2/c1-4-5-6-7-8-9-10-11-12-13-14-15-16-17-18-19-24(27,22(25)20(2)28)23(26)21(3)29/h20-23,28-29H,4-19,27H2,1-3H3. The van der Waals surface area contributed by atoms with Crippen molar-refractivity contribution < 1.29 is 10.2 Å². The molecule has 0 saturated heterocycles. The van der Waals surface area contributed by atoms with Crippen LogP contribution in [0.15, 0.2) is 0 Å². The lowest BCUT2D eigenvalue weighted by atomic mass is 9.82. The van der Waals surface area contributed by atoms with E-state index in [1.807, 2.05) is 0 Å². The Bertz CT molecular complexity index is 353. The third kappa shape index (κ3) is 13.5. The van der Waals surface area contributed by atoms with E-state index in [-0.39, 0.29) is 0 Å². The second-order valence-electron chi connectivity index (χ2n) is 9.10. The van der Waals surface area contributed by atoms with Gasteiger partial charge in [0.2, 0.25) is 0 Å². The smallest absolute Gasteiger partial charge is 0.0787 e. The fourth-order valence-corrected chi connectivity index (χ4v) is 4.68. The molecule has 0 fully saturated rings. The number of unbranched alkanes of at least 4 members (excludes halogenated alkanes) is 14. The summed E-state index contributed by atoms with van der Waals surface area (Å²) in [6, 6.07) is 0. The van der Waals surface area contributed by atoms with Crippen molar-refractivity contribution in [3.8, 4) is 0 Å². The molecule has 4 atom stereocenters. The van der Waals surface area contributed by atoms with Gasteiger partial charge in [-0.1, -0.05) is 103 Å². The zero-order valence-corrected chi connectivity index (χ0v) is 20.9. The number of aliphatic hydroxyl groups is 2. The number of alkyl halides is 2. The summed E-state index contributed by atoms with van der Waals surface area (Å²) >= 11 is 12.7. The van der Waals surface area contributed by atoms with E-state index in [9.17, 15) is 10.2 Å². The first-order chi connectivity index (χ1) is 13.8. The van der Waals surface area contributed by atoms with Gasteiger partial charge in [0.1, 0.15) is 0 Å². The number of rotatable bonds is 20. The Morgan fingerprint density at radius 1 is 0.621 bits per heavy atom. The van der Waals surface area contributed by atoms with Gasteiger partial charge in [0.25, 0.3) is 0 Å². The van der Waals surface area contributed by atoms with E-state index >= 15 is 0 Å². The highest BCUT2D eigenvalue weighted by atomic mass is 35.5. The summed E-state index contributed by atoms with van der Waals surface area (Å²) in [5, 5.41) is 18.4. The summed E-state index contributed by atoms with van der Waals surface area (Å²) in [7, 11) is 0. The van der Waals surface area contributed by atoms with Gasteiger partial charge in [-0.2, -0.15) is 0 Å². The lowest BCUT2D eigenvalue weighted by Crippen LogP contribution is -2.61. The quantitative estimate of drug-likeness (QED) is 0.138. The first-order valence-electron chi connectivity index (χ1n) is 12.2. The molecule has 0 aliphatic heterocycles. The van der Waals surface area contributed by atoms with Gasteiger partial charge in [-0.25, -0.2) is 0 Å². The molecule has 4 N–H and O–H groups in total. The average Bonchev–Trinajstić information content (AvgIpc) is 2.69. The molecule has 0 aromatic heterocycles. The van der Waals surface area contributed by atoms with Crippen molar-refractivity contribution in [1.29, 1.82) is 0 Å². The van der Waals surface area contributed by atoms with E-state index in [2.05, 4.69) is 6.92 Å². The predicted octanol–water partition coefficient (Wildman–Crippen LogP) is 6.92. The van der Waals surface area contributed by atoms with E-state index < -0.39 is 28.5 Å². The fraction of sp³-hybridized carbons (Fsp3) is 1.00. The Labute approximate surface area is 191 Å². The molecule has 0 amide bonds. The van der Waals surface area contributed by atoms with Gasteiger partial charge in [-0.3, -0.25) is 0 Å². The number of nitrogens with two attached hydrogens (primary N) is 1. The van der Waals surface area contributed by atoms with Crippen LogP contribution in [0.4, 0.5) is 0 Å². The molecule has 176 valence electrons. The topological polar surface area (TPSA) is 66.5 Å². The maximum absolute atomic E-state index is 9.86. The highest BCUT2D eigenvalue weighted by Gasteiger charge is 2.44. The van der Waals surface area contributed by atoms with Crippen molar-refractivity contribution >= 4 is 23.2 Å².